The quantitative estimate of drug-likeness (QED) is 0.610. The summed E-state index contributed by atoms with van der Waals surface area (Å²) in [5.74, 6) is -0.136. The van der Waals surface area contributed by atoms with Gasteiger partial charge in [0.1, 0.15) is 5.69 Å². The Morgan fingerprint density at radius 3 is 2.52 bits per heavy atom. The molecule has 140 valence electrons. The first-order valence-corrected chi connectivity index (χ1v) is 10.5. The molecule has 3 rings (SSSR count). The number of carbonyl (C=O) groups excluding carboxylic acids is 1. The molecule has 3 aromatic rings. The predicted molar refractivity (Wildman–Crippen MR) is 103 cm³/mol. The highest BCUT2D eigenvalue weighted by molar-refractivity contribution is 7.89. The van der Waals surface area contributed by atoms with Gasteiger partial charge in [0.15, 0.2) is 5.78 Å². The minimum atomic E-state index is -3.74. The van der Waals surface area contributed by atoms with Crippen LogP contribution in [0.5, 0.6) is 0 Å². The Hall–Kier alpha value is -2.62. The van der Waals surface area contributed by atoms with Gasteiger partial charge >= 0.3 is 0 Å². The van der Waals surface area contributed by atoms with Crippen LogP contribution in [0.2, 0.25) is 0 Å². The van der Waals surface area contributed by atoms with Gasteiger partial charge in [-0.3, -0.25) is 9.59 Å². The molecule has 0 spiro atoms. The van der Waals surface area contributed by atoms with Gasteiger partial charge < -0.3 is 0 Å². The highest BCUT2D eigenvalue weighted by Gasteiger charge is 2.14. The van der Waals surface area contributed by atoms with Crippen molar-refractivity contribution in [2.24, 2.45) is 0 Å². The summed E-state index contributed by atoms with van der Waals surface area (Å²) in [6.45, 7) is 1.53. The Morgan fingerprint density at radius 2 is 1.89 bits per heavy atom. The van der Waals surface area contributed by atoms with Crippen molar-refractivity contribution < 1.29 is 13.2 Å². The monoisotopic (exact) mass is 403 g/mol. The van der Waals surface area contributed by atoms with E-state index < -0.39 is 10.0 Å². The van der Waals surface area contributed by atoms with Gasteiger partial charge in [0.2, 0.25) is 10.0 Å². The van der Waals surface area contributed by atoms with Crippen molar-refractivity contribution in [2.45, 2.75) is 18.4 Å². The molecule has 0 saturated heterocycles. The lowest BCUT2D eigenvalue weighted by Gasteiger charge is -2.09. The molecule has 0 bridgehead atoms. The molecule has 1 aromatic carbocycles. The van der Waals surface area contributed by atoms with E-state index in [4.69, 9.17) is 0 Å². The number of rotatable bonds is 7. The van der Waals surface area contributed by atoms with Crippen LogP contribution in [-0.2, 0) is 16.6 Å². The second-order valence-electron chi connectivity index (χ2n) is 5.74. The van der Waals surface area contributed by atoms with Crippen molar-refractivity contribution in [1.29, 1.82) is 0 Å². The maximum atomic E-state index is 12.3. The number of benzene rings is 1. The third-order valence-electron chi connectivity index (χ3n) is 3.83. The first-order valence-electron chi connectivity index (χ1n) is 8.09. The lowest BCUT2D eigenvalue weighted by Crippen LogP contribution is -2.32. The number of ketones is 1. The van der Waals surface area contributed by atoms with Gasteiger partial charge in [-0.15, -0.1) is 11.3 Å². The zero-order chi connectivity index (χ0) is 19.4. The van der Waals surface area contributed by atoms with Crippen LogP contribution in [-0.4, -0.2) is 30.5 Å². The Kier molecular flexibility index (Phi) is 5.64. The van der Waals surface area contributed by atoms with Crippen LogP contribution in [0.15, 0.2) is 63.6 Å². The second kappa shape index (κ2) is 7.95. The van der Waals surface area contributed by atoms with Crippen molar-refractivity contribution in [2.75, 3.05) is 6.54 Å². The maximum absolute atomic E-state index is 12.3. The van der Waals surface area contributed by atoms with Crippen LogP contribution >= 0.6 is 11.3 Å². The Morgan fingerprint density at radius 1 is 1.15 bits per heavy atom. The van der Waals surface area contributed by atoms with E-state index in [1.807, 2.05) is 17.5 Å². The number of hydrogen-bond donors (Lipinski definition) is 1. The van der Waals surface area contributed by atoms with Gasteiger partial charge in [-0.25, -0.2) is 17.8 Å². The molecule has 2 heterocycles. The molecule has 7 nitrogen and oxygen atoms in total. The molecular formula is C18H17N3O4S2. The van der Waals surface area contributed by atoms with Crippen molar-refractivity contribution in [3.63, 3.8) is 0 Å². The fourth-order valence-corrected chi connectivity index (χ4v) is 4.11. The van der Waals surface area contributed by atoms with Gasteiger partial charge in [-0.2, -0.15) is 5.10 Å². The zero-order valence-corrected chi connectivity index (χ0v) is 16.1. The SMILES string of the molecule is CC(=O)c1ccc(S(=O)(=O)NCCn2nc(-c3cccs3)ccc2=O)cc1. The summed E-state index contributed by atoms with van der Waals surface area (Å²) in [6, 6.07) is 12.5. The predicted octanol–water partition coefficient (Wildman–Crippen LogP) is 2.15. The summed E-state index contributed by atoms with van der Waals surface area (Å²) in [5.41, 5.74) is 0.794. The third kappa shape index (κ3) is 4.57. The average Bonchev–Trinajstić information content (AvgIpc) is 3.18. The molecule has 0 aliphatic rings. The molecule has 0 unspecified atom stereocenters. The number of thiophene rings is 1. The highest BCUT2D eigenvalue weighted by atomic mass is 32.2. The van der Waals surface area contributed by atoms with Crippen LogP contribution in [0.25, 0.3) is 10.6 Å². The molecule has 9 heteroatoms. The molecule has 0 amide bonds. The topological polar surface area (TPSA) is 98.1 Å². The number of Topliss-reactive ketones (excluding diaryl/α,β-unsaturated/α-hetero) is 1. The number of nitrogens with zero attached hydrogens (tertiary/aromatic N) is 2. The van der Waals surface area contributed by atoms with E-state index in [1.165, 1.54) is 53.3 Å². The number of aromatic nitrogens is 2. The molecule has 2 aromatic heterocycles. The summed E-state index contributed by atoms with van der Waals surface area (Å²) in [6.07, 6.45) is 0. The van der Waals surface area contributed by atoms with E-state index in [1.54, 1.807) is 6.07 Å². The average molecular weight is 403 g/mol. The number of carbonyl (C=O) groups is 1. The van der Waals surface area contributed by atoms with Crippen molar-refractivity contribution in [3.05, 3.63) is 69.8 Å². The van der Waals surface area contributed by atoms with Crippen molar-refractivity contribution >= 4 is 27.1 Å². The van der Waals surface area contributed by atoms with Gasteiger partial charge in [0.05, 0.1) is 16.3 Å². The maximum Gasteiger partial charge on any atom is 0.266 e. The van der Waals surface area contributed by atoms with E-state index in [9.17, 15) is 18.0 Å². The van der Waals surface area contributed by atoms with Crippen molar-refractivity contribution in [3.8, 4) is 10.6 Å². The van der Waals surface area contributed by atoms with E-state index in [0.717, 1.165) is 4.88 Å². The molecule has 0 atom stereocenters. The molecule has 0 aliphatic heterocycles. The van der Waals surface area contributed by atoms with Crippen LogP contribution in [0, 0.1) is 0 Å². The molecule has 0 saturated carbocycles. The second-order valence-corrected chi connectivity index (χ2v) is 8.45. The van der Waals surface area contributed by atoms with Gasteiger partial charge in [-0.1, -0.05) is 18.2 Å². The smallest absolute Gasteiger partial charge is 0.266 e. The number of hydrogen-bond acceptors (Lipinski definition) is 6. The summed E-state index contributed by atoms with van der Waals surface area (Å²) >= 11 is 1.51. The van der Waals surface area contributed by atoms with E-state index >= 15 is 0 Å². The summed E-state index contributed by atoms with van der Waals surface area (Å²) in [5, 5.41) is 6.20. The van der Waals surface area contributed by atoms with Crippen molar-refractivity contribution in [1.82, 2.24) is 14.5 Å². The minimum absolute atomic E-state index is 0.0115. The molecule has 27 heavy (non-hydrogen) atoms. The number of sulfonamides is 1. The summed E-state index contributed by atoms with van der Waals surface area (Å²) in [4.78, 5) is 24.2. The normalized spacial score (nSPS) is 11.4. The van der Waals surface area contributed by atoms with E-state index in [2.05, 4.69) is 9.82 Å². The summed E-state index contributed by atoms with van der Waals surface area (Å²) < 4.78 is 28.4. The van der Waals surface area contributed by atoms with Crippen LogP contribution in [0.1, 0.15) is 17.3 Å². The lowest BCUT2D eigenvalue weighted by molar-refractivity contribution is 0.101. The zero-order valence-electron chi connectivity index (χ0n) is 14.5. The fraction of sp³-hybridized carbons (Fsp3) is 0.167. The first-order chi connectivity index (χ1) is 12.9. The summed E-state index contributed by atoms with van der Waals surface area (Å²) in [7, 11) is -3.74. The van der Waals surface area contributed by atoms with Gasteiger partial charge in [-0.05, 0) is 36.6 Å². The largest absolute Gasteiger partial charge is 0.295 e. The molecule has 0 aliphatic carbocycles. The van der Waals surface area contributed by atoms with Gasteiger partial charge in [0, 0.05) is 18.2 Å². The van der Waals surface area contributed by atoms with Gasteiger partial charge in [0.25, 0.3) is 5.56 Å². The first kappa shape index (κ1) is 19.2. The third-order valence-corrected chi connectivity index (χ3v) is 6.20. The number of nitrogens with one attached hydrogen (secondary N) is 1. The van der Waals surface area contributed by atoms with Crippen LogP contribution in [0.3, 0.4) is 0 Å². The molecule has 0 radical (unpaired) electrons. The Labute approximate surface area is 160 Å². The van der Waals surface area contributed by atoms with Crippen LogP contribution in [0.4, 0.5) is 0 Å². The van der Waals surface area contributed by atoms with Crippen LogP contribution < -0.4 is 10.3 Å². The van der Waals surface area contributed by atoms with E-state index in [-0.39, 0.29) is 29.3 Å². The molecule has 1 N–H and O–H groups in total. The minimum Gasteiger partial charge on any atom is -0.295 e. The lowest BCUT2D eigenvalue weighted by atomic mass is 10.2. The fourth-order valence-electron chi connectivity index (χ4n) is 2.40. The van der Waals surface area contributed by atoms with E-state index in [0.29, 0.717) is 11.3 Å². The standard InChI is InChI=1S/C18H17N3O4S2/c1-13(22)14-4-6-15(7-5-14)27(24,25)19-10-11-21-18(23)9-8-16(20-21)17-3-2-12-26-17/h2-9,12,19H,10-11H2,1H3. The molecular weight excluding hydrogens is 386 g/mol. The Bertz CT molecular complexity index is 1100. The molecule has 0 fully saturated rings. The highest BCUT2D eigenvalue weighted by Crippen LogP contribution is 2.21. The Balaban J connectivity index is 1.69.